The third-order valence-electron chi connectivity index (χ3n) is 5.09. The molecule has 1 aromatic heterocycles. The summed E-state index contributed by atoms with van der Waals surface area (Å²) >= 11 is 0. The van der Waals surface area contributed by atoms with Gasteiger partial charge in [0, 0.05) is 43.9 Å². The number of amides is 1. The minimum absolute atomic E-state index is 0.0154. The number of nitrogens with one attached hydrogen (secondary N) is 1. The van der Waals surface area contributed by atoms with E-state index < -0.39 is 0 Å². The molecule has 0 saturated carbocycles. The van der Waals surface area contributed by atoms with Gasteiger partial charge in [0.05, 0.1) is 0 Å². The molecule has 5 heteroatoms. The van der Waals surface area contributed by atoms with Crippen LogP contribution in [0.3, 0.4) is 0 Å². The predicted octanol–water partition coefficient (Wildman–Crippen LogP) is 2.78. The lowest BCUT2D eigenvalue weighted by atomic mass is 9.97. The molecule has 27 heavy (non-hydrogen) atoms. The van der Waals surface area contributed by atoms with E-state index in [1.54, 1.807) is 17.3 Å². The number of benzene rings is 1. The number of ketones is 1. The first-order valence-electron chi connectivity index (χ1n) is 9.69. The minimum atomic E-state index is 0.0154. The van der Waals surface area contributed by atoms with Crippen molar-refractivity contribution in [2.75, 3.05) is 19.6 Å². The molecule has 142 valence electrons. The molecule has 2 heterocycles. The second-order valence-electron chi connectivity index (χ2n) is 6.92. The summed E-state index contributed by atoms with van der Waals surface area (Å²) in [5.41, 5.74) is 4.35. The zero-order chi connectivity index (χ0) is 19.1. The van der Waals surface area contributed by atoms with Crippen LogP contribution in [0.4, 0.5) is 0 Å². The van der Waals surface area contributed by atoms with Crippen LogP contribution in [0.15, 0.2) is 42.7 Å². The molecule has 1 aliphatic heterocycles. The fraction of sp³-hybridized carbons (Fsp3) is 0.409. The number of Topliss-reactive ketones (excluding diaryl/α,β-unsaturated/α-hetero) is 1. The van der Waals surface area contributed by atoms with Gasteiger partial charge >= 0.3 is 0 Å². The Labute approximate surface area is 160 Å². The van der Waals surface area contributed by atoms with E-state index in [1.807, 2.05) is 31.2 Å². The van der Waals surface area contributed by atoms with Gasteiger partial charge in [-0.25, -0.2) is 0 Å². The maximum Gasteiger partial charge on any atom is 0.223 e. The van der Waals surface area contributed by atoms with Crippen molar-refractivity contribution in [2.45, 2.75) is 39.2 Å². The van der Waals surface area contributed by atoms with Gasteiger partial charge < -0.3 is 10.2 Å². The molecule has 0 fully saturated rings. The van der Waals surface area contributed by atoms with Gasteiger partial charge in [0.2, 0.25) is 5.91 Å². The second kappa shape index (κ2) is 9.42. The van der Waals surface area contributed by atoms with E-state index in [-0.39, 0.29) is 24.5 Å². The van der Waals surface area contributed by atoms with Crippen LogP contribution in [0.2, 0.25) is 0 Å². The third-order valence-corrected chi connectivity index (χ3v) is 5.09. The van der Waals surface area contributed by atoms with E-state index in [4.69, 9.17) is 0 Å². The van der Waals surface area contributed by atoms with Gasteiger partial charge in [-0.3, -0.25) is 14.6 Å². The number of hydrogen-bond donors (Lipinski definition) is 1. The number of fused-ring (bicyclic) bond motifs is 1. The Morgan fingerprint density at radius 1 is 1.04 bits per heavy atom. The van der Waals surface area contributed by atoms with Crippen LogP contribution in [-0.4, -0.2) is 41.2 Å². The standard InChI is InChI=1S/C22H27N3O2/c1-2-25(16-17-7-11-23-12-8-17)22(27)6-5-21(26)20-4-3-18-9-13-24-14-10-19(18)15-20/h3-4,7-8,11-12,15,24H,2,5-6,9-10,13-14,16H2,1H3. The van der Waals surface area contributed by atoms with E-state index in [0.717, 1.165) is 37.1 Å². The van der Waals surface area contributed by atoms with Crippen molar-refractivity contribution < 1.29 is 9.59 Å². The Bertz CT molecular complexity index is 789. The SMILES string of the molecule is CCN(Cc1ccncc1)C(=O)CCC(=O)c1ccc2c(c1)CCNCC2. The molecule has 2 aromatic rings. The number of nitrogens with zero attached hydrogens (tertiary/aromatic N) is 2. The molecule has 0 bridgehead atoms. The molecule has 0 atom stereocenters. The van der Waals surface area contributed by atoms with Gasteiger partial charge in [0.1, 0.15) is 0 Å². The van der Waals surface area contributed by atoms with E-state index >= 15 is 0 Å². The van der Waals surface area contributed by atoms with E-state index in [9.17, 15) is 9.59 Å². The predicted molar refractivity (Wildman–Crippen MR) is 106 cm³/mol. The fourth-order valence-corrected chi connectivity index (χ4v) is 3.45. The number of rotatable bonds is 7. The maximum absolute atomic E-state index is 12.6. The van der Waals surface area contributed by atoms with Crippen LogP contribution < -0.4 is 5.32 Å². The summed E-state index contributed by atoms with van der Waals surface area (Å²) in [4.78, 5) is 30.9. The second-order valence-corrected chi connectivity index (χ2v) is 6.92. The van der Waals surface area contributed by atoms with Crippen molar-refractivity contribution >= 4 is 11.7 Å². The van der Waals surface area contributed by atoms with Crippen LogP contribution in [0.1, 0.15) is 46.8 Å². The molecule has 1 aromatic carbocycles. The van der Waals surface area contributed by atoms with Crippen LogP contribution >= 0.6 is 0 Å². The van der Waals surface area contributed by atoms with Crippen molar-refractivity contribution in [3.05, 3.63) is 65.0 Å². The lowest BCUT2D eigenvalue weighted by Crippen LogP contribution is -2.30. The molecule has 3 rings (SSSR count). The van der Waals surface area contributed by atoms with Gasteiger partial charge in [0.25, 0.3) is 0 Å². The highest BCUT2D eigenvalue weighted by molar-refractivity contribution is 5.98. The summed E-state index contributed by atoms with van der Waals surface area (Å²) in [6.45, 7) is 5.07. The topological polar surface area (TPSA) is 62.3 Å². The van der Waals surface area contributed by atoms with Gasteiger partial charge in [-0.2, -0.15) is 0 Å². The van der Waals surface area contributed by atoms with Crippen molar-refractivity contribution in [1.82, 2.24) is 15.2 Å². The summed E-state index contributed by atoms with van der Waals surface area (Å²) in [5, 5.41) is 3.38. The van der Waals surface area contributed by atoms with Gasteiger partial charge in [0.15, 0.2) is 5.78 Å². The normalized spacial score (nSPS) is 13.5. The Morgan fingerprint density at radius 2 is 1.78 bits per heavy atom. The Balaban J connectivity index is 1.57. The third kappa shape index (κ3) is 5.23. The lowest BCUT2D eigenvalue weighted by Gasteiger charge is -2.21. The average Bonchev–Trinajstić information content (AvgIpc) is 2.95. The lowest BCUT2D eigenvalue weighted by molar-refractivity contribution is -0.131. The summed E-state index contributed by atoms with van der Waals surface area (Å²) in [6.07, 6.45) is 5.91. The van der Waals surface area contributed by atoms with Crippen molar-refractivity contribution in [3.8, 4) is 0 Å². The number of pyridine rings is 1. The molecule has 0 saturated heterocycles. The van der Waals surface area contributed by atoms with Crippen molar-refractivity contribution in [3.63, 3.8) is 0 Å². The van der Waals surface area contributed by atoms with Crippen LogP contribution in [0.5, 0.6) is 0 Å². The maximum atomic E-state index is 12.6. The fourth-order valence-electron chi connectivity index (χ4n) is 3.45. The zero-order valence-electron chi connectivity index (χ0n) is 15.9. The highest BCUT2D eigenvalue weighted by Gasteiger charge is 2.16. The van der Waals surface area contributed by atoms with Crippen LogP contribution in [0.25, 0.3) is 0 Å². The highest BCUT2D eigenvalue weighted by atomic mass is 16.2. The molecule has 5 nitrogen and oxygen atoms in total. The molecular weight excluding hydrogens is 338 g/mol. The molecule has 0 radical (unpaired) electrons. The van der Waals surface area contributed by atoms with Crippen molar-refractivity contribution in [2.24, 2.45) is 0 Å². The van der Waals surface area contributed by atoms with Gasteiger partial charge in [-0.1, -0.05) is 12.1 Å². The largest absolute Gasteiger partial charge is 0.339 e. The number of hydrogen-bond acceptors (Lipinski definition) is 4. The first kappa shape index (κ1) is 19.2. The number of aromatic nitrogens is 1. The Hall–Kier alpha value is -2.53. The smallest absolute Gasteiger partial charge is 0.223 e. The Morgan fingerprint density at radius 3 is 2.52 bits per heavy atom. The molecule has 0 aliphatic carbocycles. The van der Waals surface area contributed by atoms with Gasteiger partial charge in [-0.15, -0.1) is 0 Å². The molecule has 0 unspecified atom stereocenters. The van der Waals surface area contributed by atoms with E-state index in [2.05, 4.69) is 16.4 Å². The molecule has 1 N–H and O–H groups in total. The number of carbonyl (C=O) groups excluding carboxylic acids is 2. The average molecular weight is 365 g/mol. The van der Waals surface area contributed by atoms with Crippen LogP contribution in [0, 0.1) is 0 Å². The molecular formula is C22H27N3O2. The Kier molecular flexibility index (Phi) is 6.71. The molecule has 1 aliphatic rings. The van der Waals surface area contributed by atoms with E-state index in [0.29, 0.717) is 13.1 Å². The minimum Gasteiger partial charge on any atom is -0.339 e. The summed E-state index contributed by atoms with van der Waals surface area (Å²) in [5.74, 6) is 0.0601. The molecule has 1 amide bonds. The first-order valence-corrected chi connectivity index (χ1v) is 9.69. The van der Waals surface area contributed by atoms with Crippen LogP contribution in [-0.2, 0) is 24.2 Å². The summed E-state index contributed by atoms with van der Waals surface area (Å²) in [7, 11) is 0. The summed E-state index contributed by atoms with van der Waals surface area (Å²) < 4.78 is 0. The van der Waals surface area contributed by atoms with Crippen molar-refractivity contribution in [1.29, 1.82) is 0 Å². The quantitative estimate of drug-likeness (QED) is 0.767. The molecule has 0 spiro atoms. The summed E-state index contributed by atoms with van der Waals surface area (Å²) in [6, 6.07) is 9.81. The highest BCUT2D eigenvalue weighted by Crippen LogP contribution is 2.17. The van der Waals surface area contributed by atoms with Gasteiger partial charge in [-0.05, 0) is 67.7 Å². The zero-order valence-corrected chi connectivity index (χ0v) is 15.9. The van der Waals surface area contributed by atoms with E-state index in [1.165, 1.54) is 11.1 Å². The number of carbonyl (C=O) groups is 2. The monoisotopic (exact) mass is 365 g/mol. The first-order chi connectivity index (χ1) is 13.2.